The summed E-state index contributed by atoms with van der Waals surface area (Å²) in [5, 5.41) is 3.71. The van der Waals surface area contributed by atoms with E-state index in [1.165, 1.54) is 11.3 Å². The molecule has 1 saturated heterocycles. The number of allylic oxidation sites excluding steroid dienone is 2. The number of hydrogen-bond donors (Lipinski definition) is 1. The molecular formula is C27H34ClN3O4. The summed E-state index contributed by atoms with van der Waals surface area (Å²) in [6.07, 6.45) is 10.3. The number of amides is 4. The molecule has 1 aromatic rings. The molecule has 0 aromatic heterocycles. The summed E-state index contributed by atoms with van der Waals surface area (Å²) >= 11 is 6.02. The minimum atomic E-state index is -0.683. The van der Waals surface area contributed by atoms with Crippen molar-refractivity contribution >= 4 is 35.2 Å². The zero-order chi connectivity index (χ0) is 24.9. The first-order valence-corrected chi connectivity index (χ1v) is 13.1. The monoisotopic (exact) mass is 499 g/mol. The number of hydrogen-bond acceptors (Lipinski definition) is 4. The Morgan fingerprint density at radius 1 is 1.03 bits per heavy atom. The van der Waals surface area contributed by atoms with Crippen molar-refractivity contribution in [2.24, 2.45) is 11.8 Å². The third kappa shape index (κ3) is 5.95. The van der Waals surface area contributed by atoms with Gasteiger partial charge in [0.05, 0.1) is 11.8 Å². The SMILES string of the molecule is C[C@@H](C(=O)NC1CCCCC1)N(Cc1ccc(Cl)cc1)C(=O)CCN1C(=O)[C@H]2CC=CC[C@H]2C1=O. The van der Waals surface area contributed by atoms with Crippen molar-refractivity contribution in [3.63, 3.8) is 0 Å². The molecule has 0 unspecified atom stereocenters. The molecule has 188 valence electrons. The molecule has 8 heteroatoms. The second kappa shape index (κ2) is 11.4. The van der Waals surface area contributed by atoms with Crippen LogP contribution in [-0.2, 0) is 25.7 Å². The van der Waals surface area contributed by atoms with Crippen LogP contribution in [-0.4, -0.2) is 52.1 Å². The van der Waals surface area contributed by atoms with E-state index < -0.39 is 6.04 Å². The molecule has 1 N–H and O–H groups in total. The van der Waals surface area contributed by atoms with Crippen LogP contribution in [0.5, 0.6) is 0 Å². The van der Waals surface area contributed by atoms with Crippen LogP contribution in [0.25, 0.3) is 0 Å². The highest BCUT2D eigenvalue weighted by Gasteiger charge is 2.47. The number of nitrogens with one attached hydrogen (secondary N) is 1. The molecule has 3 aliphatic rings. The highest BCUT2D eigenvalue weighted by Crippen LogP contribution is 2.35. The number of likely N-dealkylation sites (tertiary alicyclic amines) is 1. The molecule has 0 bridgehead atoms. The van der Waals surface area contributed by atoms with Gasteiger partial charge in [-0.2, -0.15) is 0 Å². The van der Waals surface area contributed by atoms with Crippen molar-refractivity contribution in [1.29, 1.82) is 0 Å². The van der Waals surface area contributed by atoms with Crippen molar-refractivity contribution in [2.75, 3.05) is 6.54 Å². The standard InChI is InChI=1S/C27H34ClN3O4/c1-18(25(33)29-21-7-3-2-4-8-21)31(17-19-11-13-20(28)14-12-19)24(32)15-16-30-26(34)22-9-5-6-10-23(22)27(30)35/h5-6,11-14,18,21-23H,2-4,7-10,15-17H2,1H3,(H,29,33)/t18-,22-,23+/m0/s1. The maximum atomic E-state index is 13.4. The van der Waals surface area contributed by atoms with Crippen LogP contribution in [0.3, 0.4) is 0 Å². The minimum absolute atomic E-state index is 0.0149. The van der Waals surface area contributed by atoms with Gasteiger partial charge in [0.2, 0.25) is 23.6 Å². The molecule has 7 nitrogen and oxygen atoms in total. The van der Waals surface area contributed by atoms with Crippen LogP contribution < -0.4 is 5.32 Å². The van der Waals surface area contributed by atoms with E-state index in [1.54, 1.807) is 24.0 Å². The van der Waals surface area contributed by atoms with Gasteiger partial charge in [-0.25, -0.2) is 0 Å². The van der Waals surface area contributed by atoms with Gasteiger partial charge in [-0.05, 0) is 50.3 Å². The molecule has 2 aliphatic carbocycles. The molecule has 1 saturated carbocycles. The first-order valence-electron chi connectivity index (χ1n) is 12.7. The zero-order valence-corrected chi connectivity index (χ0v) is 21.0. The highest BCUT2D eigenvalue weighted by atomic mass is 35.5. The lowest BCUT2D eigenvalue weighted by molar-refractivity contribution is -0.144. The zero-order valence-electron chi connectivity index (χ0n) is 20.2. The van der Waals surface area contributed by atoms with Crippen LogP contribution >= 0.6 is 11.6 Å². The van der Waals surface area contributed by atoms with Gasteiger partial charge in [0.1, 0.15) is 6.04 Å². The Bertz CT molecular complexity index is 961. The van der Waals surface area contributed by atoms with Crippen molar-refractivity contribution in [1.82, 2.24) is 15.1 Å². The van der Waals surface area contributed by atoms with Gasteiger partial charge in [-0.1, -0.05) is 55.1 Å². The van der Waals surface area contributed by atoms with Gasteiger partial charge in [-0.15, -0.1) is 0 Å². The fraction of sp³-hybridized carbons (Fsp3) is 0.556. The highest BCUT2D eigenvalue weighted by molar-refractivity contribution is 6.30. The predicted octanol–water partition coefficient (Wildman–Crippen LogP) is 3.85. The van der Waals surface area contributed by atoms with Crippen molar-refractivity contribution in [3.8, 4) is 0 Å². The van der Waals surface area contributed by atoms with E-state index in [1.807, 2.05) is 24.3 Å². The number of fused-ring (bicyclic) bond motifs is 1. The topological polar surface area (TPSA) is 86.8 Å². The van der Waals surface area contributed by atoms with Crippen molar-refractivity contribution in [3.05, 3.63) is 47.0 Å². The van der Waals surface area contributed by atoms with Gasteiger partial charge in [0.15, 0.2) is 0 Å². The Morgan fingerprint density at radius 3 is 2.23 bits per heavy atom. The normalized spacial score (nSPS) is 23.2. The number of halogens is 1. The lowest BCUT2D eigenvalue weighted by Crippen LogP contribution is -2.51. The molecule has 2 fully saturated rings. The first-order chi connectivity index (χ1) is 16.8. The Labute approximate surface area is 211 Å². The smallest absolute Gasteiger partial charge is 0.242 e. The number of imide groups is 1. The molecule has 35 heavy (non-hydrogen) atoms. The second-order valence-electron chi connectivity index (χ2n) is 9.90. The van der Waals surface area contributed by atoms with E-state index in [9.17, 15) is 19.2 Å². The van der Waals surface area contributed by atoms with E-state index in [2.05, 4.69) is 5.32 Å². The average Bonchev–Trinajstić information content (AvgIpc) is 3.11. The molecule has 1 heterocycles. The summed E-state index contributed by atoms with van der Waals surface area (Å²) in [7, 11) is 0. The summed E-state index contributed by atoms with van der Waals surface area (Å²) in [6.45, 7) is 2.02. The number of carbonyl (C=O) groups excluding carboxylic acids is 4. The van der Waals surface area contributed by atoms with Gasteiger partial charge in [0.25, 0.3) is 0 Å². The molecule has 3 atom stereocenters. The number of carbonyl (C=O) groups is 4. The molecule has 1 aromatic carbocycles. The first kappa shape index (κ1) is 25.4. The Morgan fingerprint density at radius 2 is 1.63 bits per heavy atom. The second-order valence-corrected chi connectivity index (χ2v) is 10.3. The maximum absolute atomic E-state index is 13.4. The molecular weight excluding hydrogens is 466 g/mol. The largest absolute Gasteiger partial charge is 0.352 e. The lowest BCUT2D eigenvalue weighted by Gasteiger charge is -2.31. The summed E-state index contributed by atoms with van der Waals surface area (Å²) in [6, 6.07) is 6.63. The van der Waals surface area contributed by atoms with E-state index in [4.69, 9.17) is 11.6 Å². The summed E-state index contributed by atoms with van der Waals surface area (Å²) < 4.78 is 0. The Hall–Kier alpha value is -2.67. The third-order valence-electron chi connectivity index (χ3n) is 7.53. The molecule has 4 amide bonds. The van der Waals surface area contributed by atoms with E-state index in [-0.39, 0.29) is 61.0 Å². The van der Waals surface area contributed by atoms with Crippen LogP contribution in [0.15, 0.2) is 36.4 Å². The van der Waals surface area contributed by atoms with E-state index >= 15 is 0 Å². The van der Waals surface area contributed by atoms with Gasteiger partial charge >= 0.3 is 0 Å². The quantitative estimate of drug-likeness (QED) is 0.435. The molecule has 0 spiro atoms. The maximum Gasteiger partial charge on any atom is 0.242 e. The third-order valence-corrected chi connectivity index (χ3v) is 7.79. The number of benzene rings is 1. The lowest BCUT2D eigenvalue weighted by atomic mass is 9.85. The van der Waals surface area contributed by atoms with Crippen LogP contribution in [0.4, 0.5) is 0 Å². The summed E-state index contributed by atoms with van der Waals surface area (Å²) in [4.78, 5) is 54.8. The number of nitrogens with zero attached hydrogens (tertiary/aromatic N) is 2. The molecule has 1 aliphatic heterocycles. The minimum Gasteiger partial charge on any atom is -0.352 e. The van der Waals surface area contributed by atoms with Gasteiger partial charge in [0, 0.05) is 30.6 Å². The van der Waals surface area contributed by atoms with Crippen molar-refractivity contribution < 1.29 is 19.2 Å². The predicted molar refractivity (Wildman–Crippen MR) is 133 cm³/mol. The number of rotatable bonds is 8. The van der Waals surface area contributed by atoms with Crippen molar-refractivity contribution in [2.45, 2.75) is 76.9 Å². The van der Waals surface area contributed by atoms with Crippen LogP contribution in [0.1, 0.15) is 63.9 Å². The van der Waals surface area contributed by atoms with Crippen LogP contribution in [0.2, 0.25) is 5.02 Å². The summed E-state index contributed by atoms with van der Waals surface area (Å²) in [5.74, 6) is -1.45. The fourth-order valence-corrected chi connectivity index (χ4v) is 5.50. The Kier molecular flexibility index (Phi) is 8.26. The van der Waals surface area contributed by atoms with Crippen LogP contribution in [0, 0.1) is 11.8 Å². The van der Waals surface area contributed by atoms with E-state index in [0.29, 0.717) is 17.9 Å². The Balaban J connectivity index is 1.44. The molecule has 0 radical (unpaired) electrons. The van der Waals surface area contributed by atoms with Gasteiger partial charge in [-0.3, -0.25) is 24.1 Å². The van der Waals surface area contributed by atoms with E-state index in [0.717, 1.165) is 31.2 Å². The average molecular weight is 500 g/mol. The molecule has 4 rings (SSSR count). The summed E-state index contributed by atoms with van der Waals surface area (Å²) in [5.41, 5.74) is 0.852. The fourth-order valence-electron chi connectivity index (χ4n) is 5.38. The van der Waals surface area contributed by atoms with Gasteiger partial charge < -0.3 is 10.2 Å².